The van der Waals surface area contributed by atoms with Gasteiger partial charge in [0.15, 0.2) is 5.11 Å². The van der Waals surface area contributed by atoms with Crippen LogP contribution in [-0.4, -0.2) is 36.3 Å². The number of thiocarbonyl (C=S) groups is 1. The van der Waals surface area contributed by atoms with Gasteiger partial charge < -0.3 is 15.4 Å². The largest absolute Gasteiger partial charge is 0.379 e. The average Bonchev–Trinajstić information content (AvgIpc) is 2.66. The zero-order valence-electron chi connectivity index (χ0n) is 15.5. The first-order valence-electron chi connectivity index (χ1n) is 9.11. The van der Waals surface area contributed by atoms with Crippen molar-refractivity contribution in [2.24, 2.45) is 0 Å². The highest BCUT2D eigenvalue weighted by molar-refractivity contribution is 7.80. The van der Waals surface area contributed by atoms with E-state index < -0.39 is 0 Å². The second-order valence-electron chi connectivity index (χ2n) is 6.71. The molecular formula is C21H27N3OS. The predicted octanol–water partition coefficient (Wildman–Crippen LogP) is 3.62. The minimum Gasteiger partial charge on any atom is -0.379 e. The van der Waals surface area contributed by atoms with Gasteiger partial charge in [0, 0.05) is 31.9 Å². The molecule has 26 heavy (non-hydrogen) atoms. The van der Waals surface area contributed by atoms with Crippen molar-refractivity contribution in [3.63, 3.8) is 0 Å². The van der Waals surface area contributed by atoms with E-state index >= 15 is 0 Å². The number of ether oxygens (including phenoxy) is 1. The number of morpholine rings is 1. The number of nitrogens with zero attached hydrogens (tertiary/aromatic N) is 1. The fourth-order valence-electron chi connectivity index (χ4n) is 3.11. The van der Waals surface area contributed by atoms with Gasteiger partial charge in [-0.3, -0.25) is 4.90 Å². The van der Waals surface area contributed by atoms with Crippen molar-refractivity contribution in [2.75, 3.05) is 31.6 Å². The molecule has 1 aliphatic rings. The van der Waals surface area contributed by atoms with Crippen molar-refractivity contribution >= 4 is 23.0 Å². The van der Waals surface area contributed by atoms with Gasteiger partial charge >= 0.3 is 0 Å². The summed E-state index contributed by atoms with van der Waals surface area (Å²) in [5.41, 5.74) is 6.17. The molecule has 2 N–H and O–H groups in total. The van der Waals surface area contributed by atoms with E-state index in [1.165, 1.54) is 22.3 Å². The number of hydrogen-bond acceptors (Lipinski definition) is 3. The van der Waals surface area contributed by atoms with E-state index in [-0.39, 0.29) is 0 Å². The molecular weight excluding hydrogens is 342 g/mol. The third-order valence-corrected chi connectivity index (χ3v) is 5.15. The first-order valence-corrected chi connectivity index (χ1v) is 9.52. The van der Waals surface area contributed by atoms with Crippen molar-refractivity contribution in [1.82, 2.24) is 10.2 Å². The lowest BCUT2D eigenvalue weighted by atomic mass is 10.1. The van der Waals surface area contributed by atoms with E-state index in [0.717, 1.165) is 45.1 Å². The molecule has 0 atom stereocenters. The van der Waals surface area contributed by atoms with Gasteiger partial charge in [-0.05, 0) is 54.4 Å². The van der Waals surface area contributed by atoms with Gasteiger partial charge in [0.05, 0.1) is 13.2 Å². The van der Waals surface area contributed by atoms with Gasteiger partial charge in [0.1, 0.15) is 0 Å². The molecule has 0 amide bonds. The molecule has 1 saturated heterocycles. The van der Waals surface area contributed by atoms with E-state index in [0.29, 0.717) is 5.11 Å². The summed E-state index contributed by atoms with van der Waals surface area (Å²) in [6, 6.07) is 14.8. The zero-order chi connectivity index (χ0) is 18.4. The van der Waals surface area contributed by atoms with Crippen LogP contribution in [0.4, 0.5) is 5.69 Å². The highest BCUT2D eigenvalue weighted by Gasteiger charge is 2.12. The van der Waals surface area contributed by atoms with E-state index in [9.17, 15) is 0 Å². The topological polar surface area (TPSA) is 36.5 Å². The smallest absolute Gasteiger partial charge is 0.171 e. The summed E-state index contributed by atoms with van der Waals surface area (Å²) in [6.07, 6.45) is 0. The summed E-state index contributed by atoms with van der Waals surface area (Å²) >= 11 is 5.49. The lowest BCUT2D eigenvalue weighted by molar-refractivity contribution is 0.0341. The molecule has 3 rings (SSSR count). The summed E-state index contributed by atoms with van der Waals surface area (Å²) in [5, 5.41) is 7.32. The third-order valence-electron chi connectivity index (χ3n) is 4.91. The van der Waals surface area contributed by atoms with Crippen LogP contribution >= 0.6 is 12.2 Å². The van der Waals surface area contributed by atoms with E-state index in [1.54, 1.807) is 0 Å². The fraction of sp³-hybridized carbons (Fsp3) is 0.381. The molecule has 138 valence electrons. The third kappa shape index (κ3) is 5.04. The molecule has 0 spiro atoms. The van der Waals surface area contributed by atoms with Gasteiger partial charge in [-0.2, -0.15) is 0 Å². The lowest BCUT2D eigenvalue weighted by Crippen LogP contribution is -2.36. The van der Waals surface area contributed by atoms with Crippen LogP contribution in [0.1, 0.15) is 22.3 Å². The molecule has 5 heteroatoms. The summed E-state index contributed by atoms with van der Waals surface area (Å²) in [6.45, 7) is 9.53. The molecule has 0 bridgehead atoms. The van der Waals surface area contributed by atoms with E-state index in [4.69, 9.17) is 17.0 Å². The van der Waals surface area contributed by atoms with Crippen LogP contribution in [0.3, 0.4) is 0 Å². The zero-order valence-corrected chi connectivity index (χ0v) is 16.4. The Hall–Kier alpha value is -1.95. The molecule has 0 aliphatic carbocycles. The lowest BCUT2D eigenvalue weighted by Gasteiger charge is -2.27. The average molecular weight is 370 g/mol. The second kappa shape index (κ2) is 9.12. The van der Waals surface area contributed by atoms with Gasteiger partial charge in [-0.25, -0.2) is 0 Å². The van der Waals surface area contributed by atoms with Crippen molar-refractivity contribution in [2.45, 2.75) is 26.9 Å². The van der Waals surface area contributed by atoms with Crippen LogP contribution < -0.4 is 10.6 Å². The molecule has 2 aromatic carbocycles. The molecule has 1 fully saturated rings. The van der Waals surface area contributed by atoms with Crippen LogP contribution in [0.2, 0.25) is 0 Å². The predicted molar refractivity (Wildman–Crippen MR) is 112 cm³/mol. The molecule has 0 saturated carbocycles. The van der Waals surface area contributed by atoms with Crippen LogP contribution in [0, 0.1) is 13.8 Å². The Morgan fingerprint density at radius 1 is 1.04 bits per heavy atom. The molecule has 0 aromatic heterocycles. The Bertz CT molecular complexity index is 757. The van der Waals surface area contributed by atoms with Crippen molar-refractivity contribution in [1.29, 1.82) is 0 Å². The van der Waals surface area contributed by atoms with Crippen molar-refractivity contribution < 1.29 is 4.74 Å². The minimum absolute atomic E-state index is 0.653. The Labute approximate surface area is 161 Å². The normalized spacial score (nSPS) is 14.8. The first kappa shape index (κ1) is 18.8. The van der Waals surface area contributed by atoms with Gasteiger partial charge in [0.25, 0.3) is 0 Å². The Morgan fingerprint density at radius 3 is 2.54 bits per heavy atom. The first-order chi connectivity index (χ1) is 12.6. The SMILES string of the molecule is Cc1cccc(NC(=S)NCc2ccccc2CN2CCOCC2)c1C. The Kier molecular flexibility index (Phi) is 6.61. The van der Waals surface area contributed by atoms with Gasteiger partial charge in [-0.15, -0.1) is 0 Å². The van der Waals surface area contributed by atoms with Gasteiger partial charge in [0.2, 0.25) is 0 Å². The number of anilines is 1. The van der Waals surface area contributed by atoms with Crippen molar-refractivity contribution in [3.05, 3.63) is 64.7 Å². The Morgan fingerprint density at radius 2 is 1.77 bits per heavy atom. The van der Waals surface area contributed by atoms with Crippen LogP contribution in [0.15, 0.2) is 42.5 Å². The summed E-state index contributed by atoms with van der Waals surface area (Å²) in [4.78, 5) is 2.44. The number of benzene rings is 2. The maximum atomic E-state index is 5.49. The number of rotatable bonds is 5. The summed E-state index contributed by atoms with van der Waals surface area (Å²) in [5.74, 6) is 0. The van der Waals surface area contributed by atoms with Crippen molar-refractivity contribution in [3.8, 4) is 0 Å². The maximum absolute atomic E-state index is 5.49. The Balaban J connectivity index is 1.58. The number of hydrogen-bond donors (Lipinski definition) is 2. The quantitative estimate of drug-likeness (QED) is 0.787. The van der Waals surface area contributed by atoms with E-state index in [2.05, 4.69) is 65.8 Å². The van der Waals surface area contributed by atoms with Gasteiger partial charge in [-0.1, -0.05) is 36.4 Å². The summed E-state index contributed by atoms with van der Waals surface area (Å²) in [7, 11) is 0. The molecule has 2 aromatic rings. The molecule has 0 unspecified atom stereocenters. The molecule has 4 nitrogen and oxygen atoms in total. The van der Waals surface area contributed by atoms with Crippen LogP contribution in [0.5, 0.6) is 0 Å². The fourth-order valence-corrected chi connectivity index (χ4v) is 3.30. The minimum atomic E-state index is 0.653. The number of nitrogens with one attached hydrogen (secondary N) is 2. The van der Waals surface area contributed by atoms with Crippen LogP contribution in [-0.2, 0) is 17.8 Å². The standard InChI is InChI=1S/C21H27N3OS/c1-16-6-5-9-20(17(16)2)23-21(26)22-14-18-7-3-4-8-19(18)15-24-10-12-25-13-11-24/h3-9H,10-15H2,1-2H3,(H2,22,23,26). The second-order valence-corrected chi connectivity index (χ2v) is 7.12. The highest BCUT2D eigenvalue weighted by Crippen LogP contribution is 2.18. The monoisotopic (exact) mass is 369 g/mol. The van der Waals surface area contributed by atoms with E-state index in [1.807, 2.05) is 6.07 Å². The molecule has 0 radical (unpaired) electrons. The van der Waals surface area contributed by atoms with Crippen LogP contribution in [0.25, 0.3) is 0 Å². The molecule has 1 aliphatic heterocycles. The summed E-state index contributed by atoms with van der Waals surface area (Å²) < 4.78 is 5.44. The molecule has 1 heterocycles. The maximum Gasteiger partial charge on any atom is 0.171 e. The number of aryl methyl sites for hydroxylation is 1. The highest BCUT2D eigenvalue weighted by atomic mass is 32.1.